The summed E-state index contributed by atoms with van der Waals surface area (Å²) in [6, 6.07) is 29.0. The van der Waals surface area contributed by atoms with Crippen molar-refractivity contribution in [1.82, 2.24) is 0 Å². The topological polar surface area (TPSA) is 55.4 Å². The number of rotatable bonds is 13. The van der Waals surface area contributed by atoms with Crippen molar-refractivity contribution in [2.24, 2.45) is 0 Å². The zero-order chi connectivity index (χ0) is 31.6. The Balaban J connectivity index is 1.06. The highest BCUT2D eigenvalue weighted by Gasteiger charge is 2.21. The highest BCUT2D eigenvalue weighted by Crippen LogP contribution is 2.40. The van der Waals surface area contributed by atoms with E-state index < -0.39 is 0 Å². The highest BCUT2D eigenvalue weighted by molar-refractivity contribution is 5.77. The van der Waals surface area contributed by atoms with Crippen LogP contribution in [0.4, 0.5) is 0 Å². The van der Waals surface area contributed by atoms with Crippen LogP contribution in [0.3, 0.4) is 0 Å². The van der Waals surface area contributed by atoms with Gasteiger partial charge in [-0.05, 0) is 88.8 Å². The summed E-state index contributed by atoms with van der Waals surface area (Å²) in [5.74, 6) is 3.36. The Labute approximate surface area is 273 Å². The van der Waals surface area contributed by atoms with Crippen LogP contribution in [0.2, 0.25) is 0 Å². The van der Waals surface area contributed by atoms with Gasteiger partial charge in [0, 0.05) is 35.1 Å². The van der Waals surface area contributed by atoms with Gasteiger partial charge in [0.2, 0.25) is 0 Å². The van der Waals surface area contributed by atoms with Gasteiger partial charge < -0.3 is 28.4 Å². The summed E-state index contributed by atoms with van der Waals surface area (Å²) in [5.41, 5.74) is 6.45. The van der Waals surface area contributed by atoms with Crippen molar-refractivity contribution in [2.75, 3.05) is 26.4 Å². The van der Waals surface area contributed by atoms with E-state index in [2.05, 4.69) is 50.2 Å². The Bertz CT molecular complexity index is 1440. The quantitative estimate of drug-likeness (QED) is 0.138. The first-order valence-corrected chi connectivity index (χ1v) is 16.9. The molecule has 2 unspecified atom stereocenters. The minimum Gasteiger partial charge on any atom is -0.493 e. The molecule has 242 valence electrons. The summed E-state index contributed by atoms with van der Waals surface area (Å²) in [5, 5.41) is 0. The molecule has 0 spiro atoms. The maximum atomic E-state index is 6.35. The number of benzene rings is 4. The lowest BCUT2D eigenvalue weighted by molar-refractivity contribution is -0.105. The first kappa shape index (κ1) is 32.0. The molecule has 4 aromatic carbocycles. The lowest BCUT2D eigenvalue weighted by Gasteiger charge is -2.25. The molecule has 0 amide bonds. The van der Waals surface area contributed by atoms with Gasteiger partial charge in [-0.1, -0.05) is 59.7 Å². The van der Waals surface area contributed by atoms with Gasteiger partial charge in [-0.15, -0.1) is 0 Å². The van der Waals surface area contributed by atoms with E-state index in [-0.39, 0.29) is 12.6 Å². The molecule has 2 heterocycles. The van der Waals surface area contributed by atoms with Crippen molar-refractivity contribution < 1.29 is 28.4 Å². The second-order valence-electron chi connectivity index (χ2n) is 12.2. The summed E-state index contributed by atoms with van der Waals surface area (Å²) in [7, 11) is 0. The summed E-state index contributed by atoms with van der Waals surface area (Å²) in [6.45, 7) is 6.88. The molecule has 6 rings (SSSR count). The normalized spacial score (nSPS) is 18.1. The summed E-state index contributed by atoms with van der Waals surface area (Å²) in [6.07, 6.45) is 7.56. The number of ether oxygens (including phenoxy) is 6. The molecule has 0 aliphatic carbocycles. The molecule has 4 aromatic rings. The van der Waals surface area contributed by atoms with E-state index in [1.54, 1.807) is 0 Å². The van der Waals surface area contributed by atoms with Crippen molar-refractivity contribution in [1.29, 1.82) is 0 Å². The number of hydrogen-bond donors (Lipinski definition) is 0. The summed E-state index contributed by atoms with van der Waals surface area (Å²) >= 11 is 0. The van der Waals surface area contributed by atoms with Crippen LogP contribution in [0.5, 0.6) is 23.0 Å². The summed E-state index contributed by atoms with van der Waals surface area (Å²) < 4.78 is 37.1. The van der Waals surface area contributed by atoms with E-state index >= 15 is 0 Å². The van der Waals surface area contributed by atoms with Gasteiger partial charge in [0.15, 0.2) is 12.6 Å². The highest BCUT2D eigenvalue weighted by atomic mass is 16.7. The Morgan fingerprint density at radius 2 is 0.978 bits per heavy atom. The van der Waals surface area contributed by atoms with Gasteiger partial charge in [-0.25, -0.2) is 0 Å². The fourth-order valence-corrected chi connectivity index (χ4v) is 6.00. The van der Waals surface area contributed by atoms with E-state index in [9.17, 15) is 0 Å². The Morgan fingerprint density at radius 1 is 0.522 bits per heavy atom. The van der Waals surface area contributed by atoms with Crippen LogP contribution in [-0.2, 0) is 9.47 Å². The second kappa shape index (κ2) is 16.0. The molecule has 6 nitrogen and oxygen atoms in total. The lowest BCUT2D eigenvalue weighted by atomic mass is 10.0. The van der Waals surface area contributed by atoms with E-state index in [1.807, 2.05) is 48.5 Å². The number of unbranched alkanes of at least 4 members (excludes halogenated alkanes) is 1. The van der Waals surface area contributed by atoms with Gasteiger partial charge >= 0.3 is 0 Å². The van der Waals surface area contributed by atoms with Crippen LogP contribution < -0.4 is 18.9 Å². The van der Waals surface area contributed by atoms with Crippen molar-refractivity contribution in [2.45, 2.75) is 77.8 Å². The Hall–Kier alpha value is -4.00. The van der Waals surface area contributed by atoms with Gasteiger partial charge in [0.1, 0.15) is 23.0 Å². The van der Waals surface area contributed by atoms with Gasteiger partial charge in [0.25, 0.3) is 0 Å². The number of aryl methyl sites for hydroxylation is 2. The lowest BCUT2D eigenvalue weighted by Crippen LogP contribution is -2.25. The molecule has 0 saturated carbocycles. The molecule has 2 fully saturated rings. The molecule has 6 heteroatoms. The average molecular weight is 623 g/mol. The third-order valence-electron chi connectivity index (χ3n) is 8.47. The molecule has 0 aromatic heterocycles. The third kappa shape index (κ3) is 8.42. The van der Waals surface area contributed by atoms with E-state index in [0.717, 1.165) is 110 Å². The van der Waals surface area contributed by atoms with Crippen LogP contribution in [0.15, 0.2) is 84.9 Å². The Kier molecular flexibility index (Phi) is 11.1. The molecule has 2 aliphatic rings. The van der Waals surface area contributed by atoms with E-state index in [1.165, 1.54) is 11.1 Å². The molecule has 2 saturated heterocycles. The van der Waals surface area contributed by atoms with Crippen molar-refractivity contribution in [3.05, 3.63) is 96.1 Å². The monoisotopic (exact) mass is 622 g/mol. The van der Waals surface area contributed by atoms with E-state index in [0.29, 0.717) is 13.2 Å². The fraction of sp³-hybridized carbons (Fsp3) is 0.400. The van der Waals surface area contributed by atoms with Crippen LogP contribution >= 0.6 is 0 Å². The van der Waals surface area contributed by atoms with Crippen LogP contribution in [0.1, 0.15) is 62.5 Å². The zero-order valence-corrected chi connectivity index (χ0v) is 27.2. The molecule has 0 radical (unpaired) electrons. The Morgan fingerprint density at radius 3 is 1.41 bits per heavy atom. The molecule has 0 N–H and O–H groups in total. The average Bonchev–Trinajstić information content (AvgIpc) is 3.09. The summed E-state index contributed by atoms with van der Waals surface area (Å²) in [4.78, 5) is 0. The largest absolute Gasteiger partial charge is 0.493 e. The molecular weight excluding hydrogens is 576 g/mol. The SMILES string of the molecule is Cc1ccc(OC2CCCCO2)c(-c2ccccc2OCCCCOc2ccccc2-c2cc(C)ccc2OC2CCCCO2)c1. The maximum absolute atomic E-state index is 6.35. The van der Waals surface area contributed by atoms with Crippen LogP contribution in [0, 0.1) is 13.8 Å². The molecule has 2 aliphatic heterocycles. The molecular formula is C40H46O6. The minimum absolute atomic E-state index is 0.204. The predicted octanol–water partition coefficient (Wildman–Crippen LogP) is 9.69. The smallest absolute Gasteiger partial charge is 0.199 e. The fourth-order valence-electron chi connectivity index (χ4n) is 6.00. The van der Waals surface area contributed by atoms with Crippen molar-refractivity contribution in [3.63, 3.8) is 0 Å². The first-order chi connectivity index (χ1) is 22.6. The molecule has 46 heavy (non-hydrogen) atoms. The standard InChI is InChI=1S/C40H46O6/c1-29-19-21-37(45-39-17-7-9-25-43-39)33(27-29)31-13-3-5-15-35(31)41-23-11-12-24-42-36-16-6-4-14-32(36)34-28-30(2)20-22-38(34)46-40-18-8-10-26-44-40/h3-6,13-16,19-22,27-28,39-40H,7-12,17-18,23-26H2,1-2H3. The maximum Gasteiger partial charge on any atom is 0.199 e. The predicted molar refractivity (Wildman–Crippen MR) is 182 cm³/mol. The van der Waals surface area contributed by atoms with Crippen molar-refractivity contribution >= 4 is 0 Å². The van der Waals surface area contributed by atoms with E-state index in [4.69, 9.17) is 28.4 Å². The first-order valence-electron chi connectivity index (χ1n) is 16.9. The van der Waals surface area contributed by atoms with Gasteiger partial charge in [-0.2, -0.15) is 0 Å². The molecule has 2 atom stereocenters. The molecule has 0 bridgehead atoms. The number of para-hydroxylation sites is 2. The van der Waals surface area contributed by atoms with Crippen LogP contribution in [0.25, 0.3) is 22.3 Å². The minimum atomic E-state index is -0.204. The van der Waals surface area contributed by atoms with Crippen molar-refractivity contribution in [3.8, 4) is 45.3 Å². The zero-order valence-electron chi connectivity index (χ0n) is 27.2. The van der Waals surface area contributed by atoms with Gasteiger partial charge in [-0.3, -0.25) is 0 Å². The second-order valence-corrected chi connectivity index (χ2v) is 12.2. The van der Waals surface area contributed by atoms with Gasteiger partial charge in [0.05, 0.1) is 26.4 Å². The number of hydrogen-bond acceptors (Lipinski definition) is 6. The van der Waals surface area contributed by atoms with Crippen LogP contribution in [-0.4, -0.2) is 39.0 Å². The third-order valence-corrected chi connectivity index (χ3v) is 8.47.